The molecule has 5 heteroatoms. The van der Waals surface area contributed by atoms with E-state index >= 15 is 0 Å². The van der Waals surface area contributed by atoms with E-state index in [-0.39, 0.29) is 0 Å². The number of rotatable bonds is 3. The maximum Gasteiger partial charge on any atom is 0.328 e. The zero-order chi connectivity index (χ0) is 12.4. The molecule has 1 aromatic heterocycles. The van der Waals surface area contributed by atoms with E-state index in [0.29, 0.717) is 16.5 Å². The largest absolute Gasteiger partial charge is 0.495 e. The molecular formula is C12H10ClNO3. The van der Waals surface area contributed by atoms with Crippen molar-refractivity contribution in [3.63, 3.8) is 0 Å². The molecular weight excluding hydrogens is 242 g/mol. The number of benzene rings is 1. The predicted molar refractivity (Wildman–Crippen MR) is 66.5 cm³/mol. The molecule has 88 valence electrons. The van der Waals surface area contributed by atoms with Crippen LogP contribution in [0.4, 0.5) is 0 Å². The quantitative estimate of drug-likeness (QED) is 0.825. The number of fused-ring (bicyclic) bond motifs is 1. The van der Waals surface area contributed by atoms with Gasteiger partial charge in [-0.15, -0.1) is 0 Å². The summed E-state index contributed by atoms with van der Waals surface area (Å²) in [5, 5.41) is 9.96. The van der Waals surface area contributed by atoms with Gasteiger partial charge in [0, 0.05) is 22.7 Å². The van der Waals surface area contributed by atoms with Crippen LogP contribution in [0.5, 0.6) is 5.75 Å². The van der Waals surface area contributed by atoms with Gasteiger partial charge in [0.25, 0.3) is 0 Å². The van der Waals surface area contributed by atoms with E-state index in [4.69, 9.17) is 21.4 Å². The van der Waals surface area contributed by atoms with Crippen LogP contribution in [0.3, 0.4) is 0 Å². The lowest BCUT2D eigenvalue weighted by Crippen LogP contribution is -1.85. The molecule has 4 nitrogen and oxygen atoms in total. The number of nitrogens with one attached hydrogen (secondary N) is 1. The number of ether oxygens (including phenoxy) is 1. The van der Waals surface area contributed by atoms with E-state index in [9.17, 15) is 4.79 Å². The Morgan fingerprint density at radius 3 is 2.88 bits per heavy atom. The minimum Gasteiger partial charge on any atom is -0.495 e. The van der Waals surface area contributed by atoms with Crippen LogP contribution in [0.25, 0.3) is 17.0 Å². The van der Waals surface area contributed by atoms with E-state index in [1.54, 1.807) is 19.2 Å². The lowest BCUT2D eigenvalue weighted by Gasteiger charge is -2.01. The highest BCUT2D eigenvalue weighted by atomic mass is 35.5. The summed E-state index contributed by atoms with van der Waals surface area (Å²) in [4.78, 5) is 13.5. The first-order valence-electron chi connectivity index (χ1n) is 4.87. The number of aromatic nitrogens is 1. The van der Waals surface area contributed by atoms with Gasteiger partial charge in [0.1, 0.15) is 5.75 Å². The highest BCUT2D eigenvalue weighted by Gasteiger charge is 2.05. The molecule has 0 amide bonds. The van der Waals surface area contributed by atoms with Crippen molar-refractivity contribution in [2.24, 2.45) is 0 Å². The van der Waals surface area contributed by atoms with Crippen LogP contribution in [0, 0.1) is 0 Å². The van der Waals surface area contributed by atoms with E-state index in [0.717, 1.165) is 17.0 Å². The molecule has 0 fully saturated rings. The smallest absolute Gasteiger partial charge is 0.328 e. The number of carboxylic acid groups (broad SMARTS) is 1. The Kier molecular flexibility index (Phi) is 3.06. The predicted octanol–water partition coefficient (Wildman–Crippen LogP) is 2.93. The number of halogens is 1. The van der Waals surface area contributed by atoms with E-state index < -0.39 is 5.97 Å². The molecule has 2 aromatic rings. The van der Waals surface area contributed by atoms with Crippen LogP contribution < -0.4 is 4.74 Å². The van der Waals surface area contributed by atoms with Gasteiger partial charge in [0.05, 0.1) is 12.1 Å². The van der Waals surface area contributed by atoms with E-state index in [1.165, 1.54) is 6.08 Å². The molecule has 0 radical (unpaired) electrons. The summed E-state index contributed by atoms with van der Waals surface area (Å²) in [6, 6.07) is 5.37. The minimum absolute atomic E-state index is 0.510. The first-order valence-corrected chi connectivity index (χ1v) is 5.25. The number of methoxy groups -OCH3 is 1. The lowest BCUT2D eigenvalue weighted by molar-refractivity contribution is -0.131. The Labute approximate surface area is 102 Å². The van der Waals surface area contributed by atoms with Gasteiger partial charge in [-0.05, 0) is 24.3 Å². The van der Waals surface area contributed by atoms with Gasteiger partial charge < -0.3 is 14.8 Å². The Hall–Kier alpha value is -1.94. The number of hydrogen-bond acceptors (Lipinski definition) is 2. The van der Waals surface area contributed by atoms with Gasteiger partial charge in [0.2, 0.25) is 0 Å². The van der Waals surface area contributed by atoms with E-state index in [1.807, 2.05) is 6.07 Å². The molecule has 2 N–H and O–H groups in total. The highest BCUT2D eigenvalue weighted by Crippen LogP contribution is 2.30. The summed E-state index contributed by atoms with van der Waals surface area (Å²) in [5.41, 5.74) is 1.53. The van der Waals surface area contributed by atoms with Crippen LogP contribution in [-0.4, -0.2) is 23.2 Å². The van der Waals surface area contributed by atoms with E-state index in [2.05, 4.69) is 4.98 Å². The Morgan fingerprint density at radius 1 is 1.47 bits per heavy atom. The molecule has 0 saturated heterocycles. The van der Waals surface area contributed by atoms with Crippen LogP contribution in [-0.2, 0) is 4.79 Å². The van der Waals surface area contributed by atoms with Crippen molar-refractivity contribution in [1.82, 2.24) is 4.98 Å². The average Bonchev–Trinajstić information content (AvgIpc) is 2.67. The number of aliphatic carboxylic acids is 1. The first kappa shape index (κ1) is 11.5. The lowest BCUT2D eigenvalue weighted by atomic mass is 10.2. The molecule has 0 atom stereocenters. The number of H-pyrrole nitrogens is 1. The summed E-state index contributed by atoms with van der Waals surface area (Å²) in [5.74, 6) is -0.397. The maximum atomic E-state index is 10.4. The minimum atomic E-state index is -0.987. The second kappa shape index (κ2) is 4.51. The van der Waals surface area contributed by atoms with Crippen molar-refractivity contribution in [2.75, 3.05) is 7.11 Å². The molecule has 0 spiro atoms. The third-order valence-corrected chi connectivity index (χ3v) is 2.61. The molecule has 1 heterocycles. The topological polar surface area (TPSA) is 62.3 Å². The van der Waals surface area contributed by atoms with Gasteiger partial charge >= 0.3 is 5.97 Å². The Morgan fingerprint density at radius 2 is 2.24 bits per heavy atom. The summed E-state index contributed by atoms with van der Waals surface area (Å²) in [6.07, 6.45) is 2.56. The molecule has 0 aliphatic carbocycles. The molecule has 0 aliphatic heterocycles. The number of hydrogen-bond donors (Lipinski definition) is 2. The van der Waals surface area contributed by atoms with Crippen molar-refractivity contribution in [1.29, 1.82) is 0 Å². The summed E-state index contributed by atoms with van der Waals surface area (Å²) in [7, 11) is 1.55. The van der Waals surface area contributed by atoms with Crippen molar-refractivity contribution in [3.8, 4) is 5.75 Å². The SMILES string of the molecule is COc1cc2cc(/C=C/C(=O)O)[nH]c2cc1Cl. The summed E-state index contributed by atoms with van der Waals surface area (Å²) < 4.78 is 5.10. The van der Waals surface area contributed by atoms with Gasteiger partial charge in [-0.25, -0.2) is 4.79 Å². The molecule has 17 heavy (non-hydrogen) atoms. The second-order valence-electron chi connectivity index (χ2n) is 3.47. The third-order valence-electron chi connectivity index (χ3n) is 2.32. The van der Waals surface area contributed by atoms with Crippen molar-refractivity contribution in [2.45, 2.75) is 0 Å². The maximum absolute atomic E-state index is 10.4. The average molecular weight is 252 g/mol. The fourth-order valence-corrected chi connectivity index (χ4v) is 1.80. The molecule has 2 rings (SSSR count). The third kappa shape index (κ3) is 2.42. The zero-order valence-corrected chi connectivity index (χ0v) is 9.78. The van der Waals surface area contributed by atoms with Crippen LogP contribution in [0.2, 0.25) is 5.02 Å². The molecule has 0 aliphatic rings. The van der Waals surface area contributed by atoms with Crippen molar-refractivity contribution >= 4 is 34.5 Å². The number of carbonyl (C=O) groups is 1. The van der Waals surface area contributed by atoms with Gasteiger partial charge in [-0.3, -0.25) is 0 Å². The fourth-order valence-electron chi connectivity index (χ4n) is 1.56. The second-order valence-corrected chi connectivity index (χ2v) is 3.88. The van der Waals surface area contributed by atoms with Gasteiger partial charge in [0.15, 0.2) is 0 Å². The molecule has 0 saturated carbocycles. The van der Waals surface area contributed by atoms with Crippen LogP contribution in [0.15, 0.2) is 24.3 Å². The Balaban J connectivity index is 2.47. The van der Waals surface area contributed by atoms with Crippen LogP contribution in [0.1, 0.15) is 5.69 Å². The molecule has 1 aromatic carbocycles. The Bertz CT molecular complexity index is 601. The summed E-state index contributed by atoms with van der Waals surface area (Å²) in [6.45, 7) is 0. The highest BCUT2D eigenvalue weighted by molar-refractivity contribution is 6.32. The van der Waals surface area contributed by atoms with Crippen LogP contribution >= 0.6 is 11.6 Å². The van der Waals surface area contributed by atoms with Gasteiger partial charge in [-0.1, -0.05) is 11.6 Å². The number of carboxylic acids is 1. The number of aromatic amines is 1. The monoisotopic (exact) mass is 251 g/mol. The standard InChI is InChI=1S/C12H10ClNO3/c1-17-11-5-7-4-8(2-3-12(15)16)14-10(7)6-9(11)13/h2-6,14H,1H3,(H,15,16)/b3-2+. The summed E-state index contributed by atoms with van der Waals surface area (Å²) >= 11 is 5.98. The van der Waals surface area contributed by atoms with Gasteiger partial charge in [-0.2, -0.15) is 0 Å². The van der Waals surface area contributed by atoms with Crippen molar-refractivity contribution < 1.29 is 14.6 Å². The van der Waals surface area contributed by atoms with Crippen molar-refractivity contribution in [3.05, 3.63) is 35.0 Å². The normalized spacial score (nSPS) is 11.2. The molecule has 0 unspecified atom stereocenters. The first-order chi connectivity index (χ1) is 8.10. The molecule has 0 bridgehead atoms. The fraction of sp³-hybridized carbons (Fsp3) is 0.0833. The zero-order valence-electron chi connectivity index (χ0n) is 9.03.